The van der Waals surface area contributed by atoms with Gasteiger partial charge in [-0.05, 0) is 151 Å². The molecule has 0 atom stereocenters. The maximum atomic E-state index is 5.75. The van der Waals surface area contributed by atoms with E-state index in [0.717, 1.165) is 43.5 Å². The predicted molar refractivity (Wildman–Crippen MR) is 305 cm³/mol. The zero-order valence-electron chi connectivity index (χ0n) is 39.9. The Hall–Kier alpha value is -8.59. The Morgan fingerprint density at radius 2 is 0.972 bits per heavy atom. The van der Waals surface area contributed by atoms with Crippen LogP contribution in [0.25, 0.3) is 104 Å². The van der Waals surface area contributed by atoms with Crippen LogP contribution in [0.4, 0.5) is 0 Å². The Kier molecular flexibility index (Phi) is 10.8. The van der Waals surface area contributed by atoms with Gasteiger partial charge in [-0.1, -0.05) is 212 Å². The summed E-state index contributed by atoms with van der Waals surface area (Å²) in [5, 5.41) is 12.5. The third kappa shape index (κ3) is 7.73. The summed E-state index contributed by atoms with van der Waals surface area (Å²) in [6, 6.07) is 85.0. The van der Waals surface area contributed by atoms with Crippen LogP contribution in [-0.2, 0) is 0 Å². The first-order chi connectivity index (χ1) is 35.1. The van der Waals surface area contributed by atoms with Gasteiger partial charge in [-0.25, -0.2) is 0 Å². The van der Waals surface area contributed by atoms with E-state index >= 15 is 0 Å². The molecule has 1 aliphatic rings. The molecule has 0 fully saturated rings. The maximum absolute atomic E-state index is 5.75. The number of aromatic nitrogens is 1. The monoisotopic (exact) mass is 908 g/mol. The van der Waals surface area contributed by atoms with Gasteiger partial charge in [-0.2, -0.15) is 0 Å². The Morgan fingerprint density at radius 1 is 0.380 bits per heavy atom. The van der Waals surface area contributed by atoms with Crippen molar-refractivity contribution < 1.29 is 0 Å². The number of fused-ring (bicyclic) bond motifs is 10. The number of allylic oxidation sites excluding steroid dienone is 3. The van der Waals surface area contributed by atoms with Crippen LogP contribution in [0.15, 0.2) is 247 Å². The van der Waals surface area contributed by atoms with E-state index < -0.39 is 0 Å². The topological polar surface area (TPSA) is 17.3 Å². The summed E-state index contributed by atoms with van der Waals surface area (Å²) in [7, 11) is 0. The molecule has 0 saturated carbocycles. The molecule has 0 unspecified atom stereocenters. The molecule has 1 aromatic heterocycles. The van der Waals surface area contributed by atoms with Crippen LogP contribution >= 0.6 is 0 Å². The smallest absolute Gasteiger partial charge is 0.0672 e. The highest BCUT2D eigenvalue weighted by molar-refractivity contribution is 6.28. The number of hydrogen-bond acceptors (Lipinski definition) is 1. The van der Waals surface area contributed by atoms with Crippen LogP contribution < -0.4 is 0 Å². The van der Waals surface area contributed by atoms with Gasteiger partial charge in [0.15, 0.2) is 0 Å². The van der Waals surface area contributed by atoms with Gasteiger partial charge in [0.2, 0.25) is 0 Å². The van der Waals surface area contributed by atoms with Crippen LogP contribution in [0.3, 0.4) is 0 Å². The molecular weight excluding hydrogens is 857 g/mol. The molecule has 1 aliphatic heterocycles. The molecule has 71 heavy (non-hydrogen) atoms. The average molecular weight is 909 g/mol. The minimum Gasteiger partial charge on any atom is -0.309 e. The van der Waals surface area contributed by atoms with Crippen molar-refractivity contribution >= 4 is 81.9 Å². The SMILES string of the molecule is C/C1=C(\c2ccc(-c3ccccc3)cc2)CCC/C=C(/c2cccc3c4ccccc4c4cc(-c5ccc6c7ccccc7n(-c7ccc8ccccc8c7)c6c5)ccc4c23)N=C(c2ccccc2)CC1. The van der Waals surface area contributed by atoms with Gasteiger partial charge < -0.3 is 4.57 Å². The van der Waals surface area contributed by atoms with Gasteiger partial charge in [0.05, 0.1) is 16.7 Å². The van der Waals surface area contributed by atoms with Crippen molar-refractivity contribution in [2.75, 3.05) is 0 Å². The number of nitrogens with zero attached hydrogens (tertiary/aromatic N) is 2. The highest BCUT2D eigenvalue weighted by Gasteiger charge is 2.19. The molecule has 2 nitrogen and oxygen atoms in total. The highest BCUT2D eigenvalue weighted by atomic mass is 15.0. The largest absolute Gasteiger partial charge is 0.309 e. The summed E-state index contributed by atoms with van der Waals surface area (Å²) in [4.78, 5) is 5.75. The molecule has 0 aliphatic carbocycles. The molecule has 2 heteroatoms. The van der Waals surface area contributed by atoms with Crippen molar-refractivity contribution in [3.8, 4) is 27.9 Å². The molecule has 12 aromatic rings. The van der Waals surface area contributed by atoms with Crippen molar-refractivity contribution in [2.24, 2.45) is 4.99 Å². The standard InChI is InChI=1S/C69H52N2/c1-46-31-42-65(51-20-6-3-7-21-51)70-66(29-14-12-23-56(46)50-34-32-49(33-35-50)47-17-4-2-5-18-47)63-28-16-27-61-57-24-10-11-25-58(57)64-44-53(38-41-62(64)69(61)63)54-37-40-60-59-26-13-15-30-67(59)71(68(60)45-54)55-39-36-48-19-8-9-22-52(48)43-55/h2-11,13,15-22,24-30,32-41,43-45H,12,14,23,31,42H2,1H3/b56-46+,66-29-,70-65?. The fraction of sp³-hybridized carbons (Fsp3) is 0.0870. The summed E-state index contributed by atoms with van der Waals surface area (Å²) in [6.45, 7) is 2.34. The second-order valence-electron chi connectivity index (χ2n) is 19.3. The van der Waals surface area contributed by atoms with E-state index in [1.807, 2.05) is 0 Å². The second-order valence-corrected chi connectivity index (χ2v) is 19.3. The lowest BCUT2D eigenvalue weighted by atomic mass is 9.89. The number of benzene rings is 11. The van der Waals surface area contributed by atoms with Crippen molar-refractivity contribution in [2.45, 2.75) is 39.0 Å². The zero-order chi connectivity index (χ0) is 47.3. The van der Waals surface area contributed by atoms with E-state index in [9.17, 15) is 0 Å². The molecule has 0 amide bonds. The quantitative estimate of drug-likeness (QED) is 0.148. The number of rotatable bonds is 6. The van der Waals surface area contributed by atoms with Gasteiger partial charge in [0, 0.05) is 27.7 Å². The molecular formula is C69H52N2. The molecule has 0 saturated heterocycles. The summed E-state index contributed by atoms with van der Waals surface area (Å²) < 4.78 is 2.44. The lowest BCUT2D eigenvalue weighted by Crippen LogP contribution is -2.03. The lowest BCUT2D eigenvalue weighted by molar-refractivity contribution is 0.869. The average Bonchev–Trinajstić information content (AvgIpc) is 3.75. The molecule has 0 radical (unpaired) electrons. The molecule has 13 rings (SSSR count). The third-order valence-corrected chi connectivity index (χ3v) is 15.1. The minimum absolute atomic E-state index is 0.848. The molecule has 0 spiro atoms. The summed E-state index contributed by atoms with van der Waals surface area (Å²) in [5.41, 5.74) is 17.2. The Labute approximate surface area is 415 Å². The van der Waals surface area contributed by atoms with Gasteiger partial charge in [-0.3, -0.25) is 4.99 Å². The molecule has 0 N–H and O–H groups in total. The van der Waals surface area contributed by atoms with E-state index in [0.29, 0.717) is 0 Å². The molecule has 338 valence electrons. The summed E-state index contributed by atoms with van der Waals surface area (Å²) >= 11 is 0. The van der Waals surface area contributed by atoms with Crippen molar-refractivity contribution in [1.82, 2.24) is 4.57 Å². The van der Waals surface area contributed by atoms with E-state index in [1.165, 1.54) is 121 Å². The van der Waals surface area contributed by atoms with Crippen LogP contribution in [0, 0.1) is 0 Å². The molecule has 11 aromatic carbocycles. The predicted octanol–water partition coefficient (Wildman–Crippen LogP) is 19.0. The first kappa shape index (κ1) is 42.5. The van der Waals surface area contributed by atoms with Crippen molar-refractivity contribution in [3.63, 3.8) is 0 Å². The Balaban J connectivity index is 0.939. The van der Waals surface area contributed by atoms with Crippen LogP contribution in [0.2, 0.25) is 0 Å². The normalized spacial score (nSPS) is 15.6. The maximum Gasteiger partial charge on any atom is 0.0672 e. The van der Waals surface area contributed by atoms with Gasteiger partial charge >= 0.3 is 0 Å². The van der Waals surface area contributed by atoms with E-state index in [1.54, 1.807) is 0 Å². The van der Waals surface area contributed by atoms with Gasteiger partial charge in [-0.15, -0.1) is 0 Å². The fourth-order valence-corrected chi connectivity index (χ4v) is 11.5. The lowest BCUT2D eigenvalue weighted by Gasteiger charge is -2.17. The Morgan fingerprint density at radius 3 is 1.77 bits per heavy atom. The van der Waals surface area contributed by atoms with Crippen LogP contribution in [0.1, 0.15) is 55.7 Å². The number of para-hydroxylation sites is 1. The van der Waals surface area contributed by atoms with Crippen LogP contribution in [0.5, 0.6) is 0 Å². The second kappa shape index (κ2) is 18.1. The van der Waals surface area contributed by atoms with Crippen molar-refractivity contribution in [1.29, 1.82) is 0 Å². The van der Waals surface area contributed by atoms with Crippen molar-refractivity contribution in [3.05, 3.63) is 259 Å². The van der Waals surface area contributed by atoms with E-state index in [4.69, 9.17) is 4.99 Å². The molecule has 0 bridgehead atoms. The first-order valence-electron chi connectivity index (χ1n) is 25.2. The van der Waals surface area contributed by atoms with E-state index in [-0.39, 0.29) is 0 Å². The van der Waals surface area contributed by atoms with Gasteiger partial charge in [0.1, 0.15) is 0 Å². The third-order valence-electron chi connectivity index (χ3n) is 15.1. The summed E-state index contributed by atoms with van der Waals surface area (Å²) in [6.07, 6.45) is 7.19. The Bertz CT molecular complexity index is 4110. The van der Waals surface area contributed by atoms with E-state index in [2.05, 4.69) is 248 Å². The van der Waals surface area contributed by atoms with Crippen LogP contribution in [-0.4, -0.2) is 10.3 Å². The molecule has 2 heterocycles. The van der Waals surface area contributed by atoms with Gasteiger partial charge in [0.25, 0.3) is 0 Å². The first-order valence-corrected chi connectivity index (χ1v) is 25.2. The summed E-state index contributed by atoms with van der Waals surface area (Å²) in [5.74, 6) is 0. The minimum atomic E-state index is 0.848. The number of hydrogen-bond donors (Lipinski definition) is 0. The number of aliphatic imine (C=N–C) groups is 1. The highest BCUT2D eigenvalue weighted by Crippen LogP contribution is 2.43. The zero-order valence-corrected chi connectivity index (χ0v) is 39.9. The fourth-order valence-electron chi connectivity index (χ4n) is 11.5.